The van der Waals surface area contributed by atoms with Gasteiger partial charge in [0.2, 0.25) is 5.91 Å². The lowest BCUT2D eigenvalue weighted by Gasteiger charge is -2.38. The average molecular weight is 483 g/mol. The maximum absolute atomic E-state index is 13.3. The lowest BCUT2D eigenvalue weighted by atomic mass is 9.89. The van der Waals surface area contributed by atoms with Crippen molar-refractivity contribution in [3.8, 4) is 0 Å². The summed E-state index contributed by atoms with van der Waals surface area (Å²) in [5.41, 5.74) is 5.43. The number of rotatable bonds is 6. The first-order valence-corrected chi connectivity index (χ1v) is 12.9. The van der Waals surface area contributed by atoms with Crippen molar-refractivity contribution < 1.29 is 14.3 Å². The summed E-state index contributed by atoms with van der Waals surface area (Å²) in [4.78, 5) is 37.6. The molecular weight excluding hydrogens is 448 g/mol. The molecule has 1 saturated heterocycles. The van der Waals surface area contributed by atoms with Crippen molar-refractivity contribution in [1.82, 2.24) is 14.7 Å². The van der Waals surface area contributed by atoms with Crippen LogP contribution in [-0.4, -0.2) is 71.6 Å². The van der Waals surface area contributed by atoms with E-state index in [0.29, 0.717) is 12.0 Å². The van der Waals surface area contributed by atoms with E-state index in [9.17, 15) is 9.59 Å². The van der Waals surface area contributed by atoms with Crippen molar-refractivity contribution >= 4 is 28.8 Å². The third-order valence-electron chi connectivity index (χ3n) is 6.86. The average Bonchev–Trinajstić information content (AvgIpc) is 3.26. The van der Waals surface area contributed by atoms with E-state index in [1.165, 1.54) is 18.9 Å². The van der Waals surface area contributed by atoms with E-state index in [4.69, 9.17) is 9.73 Å². The van der Waals surface area contributed by atoms with E-state index < -0.39 is 0 Å². The zero-order valence-electron chi connectivity index (χ0n) is 20.8. The van der Waals surface area contributed by atoms with Crippen LogP contribution in [0.3, 0.4) is 0 Å². The van der Waals surface area contributed by atoms with Gasteiger partial charge in [0, 0.05) is 31.9 Å². The van der Waals surface area contributed by atoms with Crippen molar-refractivity contribution in [1.29, 1.82) is 0 Å². The van der Waals surface area contributed by atoms with E-state index >= 15 is 0 Å². The largest absolute Gasteiger partial charge is 0.466 e. The summed E-state index contributed by atoms with van der Waals surface area (Å²) >= 11 is 1.52. The highest BCUT2D eigenvalue weighted by Gasteiger charge is 2.42. The van der Waals surface area contributed by atoms with Gasteiger partial charge in [0.05, 0.1) is 30.8 Å². The van der Waals surface area contributed by atoms with Crippen LogP contribution in [0.15, 0.2) is 45.6 Å². The van der Waals surface area contributed by atoms with E-state index in [1.807, 2.05) is 17.2 Å². The van der Waals surface area contributed by atoms with Crippen molar-refractivity contribution in [3.05, 3.63) is 57.3 Å². The van der Waals surface area contributed by atoms with Gasteiger partial charge in [-0.3, -0.25) is 4.79 Å². The Kier molecular flexibility index (Phi) is 7.48. The van der Waals surface area contributed by atoms with Gasteiger partial charge in [-0.1, -0.05) is 49.4 Å². The summed E-state index contributed by atoms with van der Waals surface area (Å²) in [6.07, 6.45) is 0.912. The number of methoxy groups -OCH3 is 1. The lowest BCUT2D eigenvalue weighted by molar-refractivity contribution is -0.136. The Morgan fingerprint density at radius 1 is 1.15 bits per heavy atom. The van der Waals surface area contributed by atoms with Gasteiger partial charge in [-0.25, -0.2) is 9.79 Å². The molecule has 0 spiro atoms. The Labute approximate surface area is 206 Å². The van der Waals surface area contributed by atoms with Crippen molar-refractivity contribution in [2.24, 2.45) is 4.99 Å². The van der Waals surface area contributed by atoms with Crippen molar-refractivity contribution in [2.45, 2.75) is 46.6 Å². The highest BCUT2D eigenvalue weighted by atomic mass is 32.2. The number of amidine groups is 1. The number of ether oxygens (including phenoxy) is 1. The highest BCUT2D eigenvalue weighted by Crippen LogP contribution is 2.46. The van der Waals surface area contributed by atoms with Crippen LogP contribution in [-0.2, 0) is 14.3 Å². The first-order chi connectivity index (χ1) is 16.4. The molecule has 0 unspecified atom stereocenters. The molecule has 7 nitrogen and oxygen atoms in total. The molecule has 3 heterocycles. The summed E-state index contributed by atoms with van der Waals surface area (Å²) in [5.74, 6) is -0.253. The molecule has 3 aliphatic heterocycles. The number of likely N-dealkylation sites (N-methyl/N-ethyl adjacent to an activating group) is 1. The Bertz CT molecular complexity index is 1070. The topological polar surface area (TPSA) is 65.5 Å². The minimum Gasteiger partial charge on any atom is -0.466 e. The number of allylic oxidation sites excluding steroid dienone is 1. The molecule has 0 aliphatic carbocycles. The number of benzene rings is 1. The fourth-order valence-electron chi connectivity index (χ4n) is 4.84. The zero-order valence-corrected chi connectivity index (χ0v) is 21.6. The molecule has 0 N–H and O–H groups in total. The number of esters is 1. The summed E-state index contributed by atoms with van der Waals surface area (Å²) in [6.45, 7) is 12.6. The third-order valence-corrected chi connectivity index (χ3v) is 7.75. The Hall–Kier alpha value is -2.58. The van der Waals surface area contributed by atoms with Crippen LogP contribution in [0.4, 0.5) is 0 Å². The zero-order chi connectivity index (χ0) is 24.4. The molecule has 34 heavy (non-hydrogen) atoms. The molecule has 1 aromatic rings. The maximum Gasteiger partial charge on any atom is 0.338 e. The first kappa shape index (κ1) is 24.5. The summed E-state index contributed by atoms with van der Waals surface area (Å²) in [7, 11) is 1.41. The van der Waals surface area contributed by atoms with Gasteiger partial charge in [0.15, 0.2) is 5.17 Å². The molecule has 0 radical (unpaired) electrons. The van der Waals surface area contributed by atoms with E-state index in [1.54, 1.807) is 0 Å². The van der Waals surface area contributed by atoms with Crippen LogP contribution in [0.1, 0.15) is 49.4 Å². The molecule has 0 saturated carbocycles. The molecule has 0 bridgehead atoms. The van der Waals surface area contributed by atoms with E-state index in [2.05, 4.69) is 48.8 Å². The second kappa shape index (κ2) is 10.4. The SMILES string of the molecule is CCC1=C(C(=O)OC)[C@H](c2cc(C)ccc2C)N2C(CC(=O)N3CCN(CC)CC3)=CSC2=N1. The minimum atomic E-state index is -0.374. The number of hydrogen-bond donors (Lipinski definition) is 0. The normalized spacial score (nSPS) is 20.8. The van der Waals surface area contributed by atoms with Gasteiger partial charge in [-0.05, 0) is 43.3 Å². The lowest BCUT2D eigenvalue weighted by Crippen LogP contribution is -2.49. The van der Waals surface area contributed by atoms with Gasteiger partial charge in [-0.15, -0.1) is 0 Å². The van der Waals surface area contributed by atoms with Crippen LogP contribution in [0.25, 0.3) is 0 Å². The summed E-state index contributed by atoms with van der Waals surface area (Å²) in [6, 6.07) is 5.92. The Morgan fingerprint density at radius 3 is 2.53 bits per heavy atom. The summed E-state index contributed by atoms with van der Waals surface area (Å²) in [5, 5.41) is 2.83. The van der Waals surface area contributed by atoms with Gasteiger partial charge in [0.25, 0.3) is 0 Å². The number of piperazine rings is 1. The smallest absolute Gasteiger partial charge is 0.338 e. The van der Waals surface area contributed by atoms with Crippen molar-refractivity contribution in [2.75, 3.05) is 39.8 Å². The number of nitrogens with zero attached hydrogens (tertiary/aromatic N) is 4. The second-order valence-corrected chi connectivity index (χ2v) is 9.79. The number of hydrogen-bond acceptors (Lipinski definition) is 7. The van der Waals surface area contributed by atoms with Gasteiger partial charge < -0.3 is 19.4 Å². The maximum atomic E-state index is 13.3. The van der Waals surface area contributed by atoms with E-state index in [-0.39, 0.29) is 24.3 Å². The van der Waals surface area contributed by atoms with Crippen LogP contribution < -0.4 is 0 Å². The number of aliphatic imine (C=N–C) groups is 1. The first-order valence-electron chi connectivity index (χ1n) is 12.0. The molecule has 182 valence electrons. The highest BCUT2D eigenvalue weighted by molar-refractivity contribution is 8.16. The van der Waals surface area contributed by atoms with Gasteiger partial charge in [0.1, 0.15) is 0 Å². The van der Waals surface area contributed by atoms with Gasteiger partial charge in [-0.2, -0.15) is 0 Å². The van der Waals surface area contributed by atoms with Crippen LogP contribution in [0.2, 0.25) is 0 Å². The quantitative estimate of drug-likeness (QED) is 0.571. The number of aryl methyl sites for hydroxylation is 2. The summed E-state index contributed by atoms with van der Waals surface area (Å²) < 4.78 is 5.23. The number of carbonyl (C=O) groups is 2. The number of fused-ring (bicyclic) bond motifs is 1. The fourth-order valence-corrected chi connectivity index (χ4v) is 5.78. The fraction of sp³-hybridized carbons (Fsp3) is 0.500. The van der Waals surface area contributed by atoms with Crippen LogP contribution in [0, 0.1) is 13.8 Å². The van der Waals surface area contributed by atoms with E-state index in [0.717, 1.165) is 66.0 Å². The predicted octanol–water partition coefficient (Wildman–Crippen LogP) is 4.00. The number of thioether (sulfide) groups is 1. The second-order valence-electron chi connectivity index (χ2n) is 8.95. The third kappa shape index (κ3) is 4.66. The van der Waals surface area contributed by atoms with Crippen LogP contribution in [0.5, 0.6) is 0 Å². The molecule has 1 atom stereocenters. The molecule has 1 aromatic carbocycles. The predicted molar refractivity (Wildman–Crippen MR) is 136 cm³/mol. The minimum absolute atomic E-state index is 0.119. The standard InChI is InChI=1S/C26H34N4O3S/c1-6-21-23(25(32)33-5)24(20-14-17(3)8-9-18(20)4)30-19(16-34-26(30)27-21)15-22(31)29-12-10-28(7-2)11-13-29/h8-9,14,16,24H,6-7,10-13,15H2,1-5H3/t24-/m0/s1. The molecule has 0 aromatic heterocycles. The molecule has 1 amide bonds. The Morgan fingerprint density at radius 2 is 1.88 bits per heavy atom. The molecular formula is C26H34N4O3S. The van der Waals surface area contributed by atoms with Crippen molar-refractivity contribution in [3.63, 3.8) is 0 Å². The Balaban J connectivity index is 1.69. The molecule has 1 fully saturated rings. The monoisotopic (exact) mass is 482 g/mol. The van der Waals surface area contributed by atoms with Crippen LogP contribution >= 0.6 is 11.8 Å². The number of amides is 1. The number of carbonyl (C=O) groups excluding carboxylic acids is 2. The molecule has 8 heteroatoms. The molecule has 4 rings (SSSR count). The van der Waals surface area contributed by atoms with Gasteiger partial charge >= 0.3 is 5.97 Å². The molecule has 3 aliphatic rings.